The van der Waals surface area contributed by atoms with Gasteiger partial charge in [0.15, 0.2) is 0 Å². The van der Waals surface area contributed by atoms with Gasteiger partial charge < -0.3 is 15.4 Å². The van der Waals surface area contributed by atoms with Crippen LogP contribution < -0.4 is 16.6 Å². The minimum atomic E-state index is -0.631. The number of aliphatic hydroxyl groups is 1. The van der Waals surface area contributed by atoms with Gasteiger partial charge in [-0.05, 0) is 12.8 Å². The minimum Gasteiger partial charge on any atom is -0.391 e. The number of carbonyl (C=O) groups excluding carboxylic acids is 1. The number of aromatic amines is 2. The van der Waals surface area contributed by atoms with Gasteiger partial charge in [0.05, 0.1) is 18.6 Å². The molecule has 0 unspecified atom stereocenters. The quantitative estimate of drug-likeness (QED) is 0.563. The van der Waals surface area contributed by atoms with Crippen molar-refractivity contribution in [3.8, 4) is 0 Å². The normalized spacial score (nSPS) is 23.0. The van der Waals surface area contributed by atoms with Crippen molar-refractivity contribution >= 4 is 5.91 Å². The molecule has 2 rings (SSSR count). The number of hydrogen-bond donors (Lipinski definition) is 4. The highest BCUT2D eigenvalue weighted by Crippen LogP contribution is 2.18. The lowest BCUT2D eigenvalue weighted by molar-refractivity contribution is -0.122. The van der Waals surface area contributed by atoms with Crippen molar-refractivity contribution in [1.82, 2.24) is 15.3 Å². The number of aromatic nitrogens is 2. The lowest BCUT2D eigenvalue weighted by Gasteiger charge is -2.28. The fourth-order valence-corrected chi connectivity index (χ4v) is 2.33. The van der Waals surface area contributed by atoms with E-state index in [1.807, 2.05) is 4.98 Å². The highest BCUT2D eigenvalue weighted by atomic mass is 16.3. The monoisotopic (exact) mass is 267 g/mol. The first kappa shape index (κ1) is 13.5. The smallest absolute Gasteiger partial charge is 0.325 e. The zero-order chi connectivity index (χ0) is 13.8. The van der Waals surface area contributed by atoms with Gasteiger partial charge in [-0.25, -0.2) is 4.79 Å². The van der Waals surface area contributed by atoms with Crippen LogP contribution in [0.4, 0.5) is 0 Å². The fraction of sp³-hybridized carbons (Fsp3) is 0.583. The van der Waals surface area contributed by atoms with Crippen LogP contribution in [0.15, 0.2) is 15.7 Å². The molecule has 0 aromatic carbocycles. The Labute approximate surface area is 109 Å². The molecule has 0 saturated heterocycles. The summed E-state index contributed by atoms with van der Waals surface area (Å²) in [6, 6.07) is 0.938. The minimum absolute atomic E-state index is 0.0810. The van der Waals surface area contributed by atoms with Crippen LogP contribution in [0.5, 0.6) is 0 Å². The topological polar surface area (TPSA) is 115 Å². The zero-order valence-corrected chi connectivity index (χ0v) is 10.4. The molecule has 1 amide bonds. The summed E-state index contributed by atoms with van der Waals surface area (Å²) in [5.41, 5.74) is -0.909. The van der Waals surface area contributed by atoms with Crippen LogP contribution in [0.3, 0.4) is 0 Å². The number of carbonyl (C=O) groups is 1. The van der Waals surface area contributed by atoms with E-state index in [2.05, 4.69) is 10.3 Å². The number of hydrogen-bond acceptors (Lipinski definition) is 4. The molecule has 104 valence electrons. The van der Waals surface area contributed by atoms with Crippen LogP contribution in [-0.2, 0) is 11.2 Å². The summed E-state index contributed by atoms with van der Waals surface area (Å²) in [6.45, 7) is 0. The molecule has 1 aromatic heterocycles. The van der Waals surface area contributed by atoms with Gasteiger partial charge in [-0.2, -0.15) is 0 Å². The van der Waals surface area contributed by atoms with E-state index in [1.165, 1.54) is 6.07 Å². The third kappa shape index (κ3) is 3.78. The van der Waals surface area contributed by atoms with E-state index in [9.17, 15) is 19.5 Å². The summed E-state index contributed by atoms with van der Waals surface area (Å²) in [5, 5.41) is 12.5. The van der Waals surface area contributed by atoms with Crippen LogP contribution in [0, 0.1) is 0 Å². The van der Waals surface area contributed by atoms with Gasteiger partial charge in [0, 0.05) is 11.8 Å². The average molecular weight is 267 g/mol. The van der Waals surface area contributed by atoms with Crippen molar-refractivity contribution in [3.05, 3.63) is 32.6 Å². The van der Waals surface area contributed by atoms with Crippen molar-refractivity contribution < 1.29 is 9.90 Å². The third-order valence-corrected chi connectivity index (χ3v) is 3.24. The predicted octanol–water partition coefficient (Wildman–Crippen LogP) is -0.975. The number of aliphatic hydroxyl groups excluding tert-OH is 1. The number of H-pyrrole nitrogens is 2. The van der Waals surface area contributed by atoms with Crippen LogP contribution in [0.1, 0.15) is 31.4 Å². The first-order valence-electron chi connectivity index (χ1n) is 6.34. The Morgan fingerprint density at radius 3 is 2.74 bits per heavy atom. The van der Waals surface area contributed by atoms with Crippen LogP contribution in [-0.4, -0.2) is 33.1 Å². The molecule has 1 aliphatic carbocycles. The van der Waals surface area contributed by atoms with Crippen molar-refractivity contribution in [1.29, 1.82) is 0 Å². The summed E-state index contributed by atoms with van der Waals surface area (Å²) in [5.74, 6) is -0.313. The maximum Gasteiger partial charge on any atom is 0.325 e. The van der Waals surface area contributed by atoms with Gasteiger partial charge in [-0.1, -0.05) is 12.8 Å². The second kappa shape index (κ2) is 5.83. The second-order valence-corrected chi connectivity index (χ2v) is 4.82. The molecule has 7 heteroatoms. The maximum absolute atomic E-state index is 11.8. The van der Waals surface area contributed by atoms with Crippen molar-refractivity contribution in [2.24, 2.45) is 0 Å². The van der Waals surface area contributed by atoms with E-state index in [4.69, 9.17) is 0 Å². The molecule has 2 atom stereocenters. The van der Waals surface area contributed by atoms with E-state index in [0.717, 1.165) is 19.3 Å². The largest absolute Gasteiger partial charge is 0.391 e. The Morgan fingerprint density at radius 2 is 2.05 bits per heavy atom. The Morgan fingerprint density at radius 1 is 1.32 bits per heavy atom. The highest BCUT2D eigenvalue weighted by molar-refractivity contribution is 5.78. The van der Waals surface area contributed by atoms with Crippen LogP contribution in [0.2, 0.25) is 0 Å². The van der Waals surface area contributed by atoms with Gasteiger partial charge in [0.25, 0.3) is 5.56 Å². The molecule has 19 heavy (non-hydrogen) atoms. The average Bonchev–Trinajstić information content (AvgIpc) is 2.30. The van der Waals surface area contributed by atoms with Gasteiger partial charge in [-0.15, -0.1) is 0 Å². The standard InChI is InChI=1S/C12H17N3O4/c16-9-4-2-1-3-8(9)14-10(17)5-7-6-11(18)15-12(19)13-7/h6,8-9,16H,1-5H2,(H,14,17)(H2,13,15,18,19)/t8-,9-/m1/s1. The molecule has 0 aliphatic heterocycles. The van der Waals surface area contributed by atoms with Gasteiger partial charge in [-0.3, -0.25) is 14.6 Å². The fourth-order valence-electron chi connectivity index (χ4n) is 2.33. The number of amides is 1. The Bertz CT molecular complexity index is 534. The number of nitrogens with one attached hydrogen (secondary N) is 3. The molecule has 1 saturated carbocycles. The summed E-state index contributed by atoms with van der Waals surface area (Å²) < 4.78 is 0. The van der Waals surface area contributed by atoms with E-state index >= 15 is 0 Å². The SMILES string of the molecule is O=C(Cc1cc(=O)[nH]c(=O)[nH]1)N[C@@H]1CCCC[C@H]1O. The second-order valence-electron chi connectivity index (χ2n) is 4.82. The molecule has 1 fully saturated rings. The first-order valence-corrected chi connectivity index (χ1v) is 6.34. The molecule has 1 aromatic rings. The summed E-state index contributed by atoms with van der Waals surface area (Å²) in [7, 11) is 0. The molecule has 0 radical (unpaired) electrons. The van der Waals surface area contributed by atoms with Crippen molar-refractivity contribution in [3.63, 3.8) is 0 Å². The molecule has 7 nitrogen and oxygen atoms in total. The van der Waals surface area contributed by atoms with Gasteiger partial charge >= 0.3 is 5.69 Å². The highest BCUT2D eigenvalue weighted by Gasteiger charge is 2.24. The van der Waals surface area contributed by atoms with E-state index in [1.54, 1.807) is 0 Å². The molecule has 1 heterocycles. The Balaban J connectivity index is 1.97. The molecule has 1 aliphatic rings. The van der Waals surface area contributed by atoms with Crippen LogP contribution in [0.25, 0.3) is 0 Å². The van der Waals surface area contributed by atoms with Gasteiger partial charge in [0.1, 0.15) is 0 Å². The van der Waals surface area contributed by atoms with E-state index in [0.29, 0.717) is 6.42 Å². The Hall–Kier alpha value is -1.89. The zero-order valence-electron chi connectivity index (χ0n) is 10.4. The lowest BCUT2D eigenvalue weighted by atomic mass is 9.92. The number of rotatable bonds is 3. The molecular weight excluding hydrogens is 250 g/mol. The van der Waals surface area contributed by atoms with Crippen molar-refractivity contribution in [2.45, 2.75) is 44.2 Å². The third-order valence-electron chi connectivity index (χ3n) is 3.24. The van der Waals surface area contributed by atoms with Crippen LogP contribution >= 0.6 is 0 Å². The van der Waals surface area contributed by atoms with Crippen molar-refractivity contribution in [2.75, 3.05) is 0 Å². The first-order chi connectivity index (χ1) is 9.04. The van der Waals surface area contributed by atoms with Gasteiger partial charge in [0.2, 0.25) is 5.91 Å². The lowest BCUT2D eigenvalue weighted by Crippen LogP contribution is -2.45. The molecule has 4 N–H and O–H groups in total. The van der Waals surface area contributed by atoms with E-state index in [-0.39, 0.29) is 24.1 Å². The molecular formula is C12H17N3O4. The van der Waals surface area contributed by atoms with E-state index < -0.39 is 17.4 Å². The summed E-state index contributed by atoms with van der Waals surface area (Å²) >= 11 is 0. The summed E-state index contributed by atoms with van der Waals surface area (Å²) in [4.78, 5) is 38.4. The summed E-state index contributed by atoms with van der Waals surface area (Å²) in [6.07, 6.45) is 2.78. The maximum atomic E-state index is 11.8. The predicted molar refractivity (Wildman–Crippen MR) is 67.8 cm³/mol. The Kier molecular flexibility index (Phi) is 4.16. The molecule has 0 bridgehead atoms. The molecule has 0 spiro atoms.